The molecule has 1 N–H and O–H groups in total. The molecule has 0 fully saturated rings. The van der Waals surface area contributed by atoms with E-state index >= 15 is 0 Å². The molecule has 3 aromatic rings. The predicted molar refractivity (Wildman–Crippen MR) is 154 cm³/mol. The number of nitrogens with zero attached hydrogens (tertiary/aromatic N) is 2. The second-order valence-electron chi connectivity index (χ2n) is 8.77. The smallest absolute Gasteiger partial charge is 0.264 e. The normalized spacial score (nSPS) is 12.0. The van der Waals surface area contributed by atoms with Crippen LogP contribution >= 0.6 is 27.5 Å². The van der Waals surface area contributed by atoms with Gasteiger partial charge >= 0.3 is 0 Å². The highest BCUT2D eigenvalue weighted by atomic mass is 79.9. The van der Waals surface area contributed by atoms with E-state index in [4.69, 9.17) is 11.6 Å². The summed E-state index contributed by atoms with van der Waals surface area (Å²) in [7, 11) is -4.10. The van der Waals surface area contributed by atoms with Crippen molar-refractivity contribution in [1.82, 2.24) is 10.2 Å². The SMILES string of the molecule is CCCCNC(=O)[C@@H](C)N(Cc1cccc(Br)c1)C(=O)CN(c1ccc(Cl)cc1)S(=O)(=O)c1ccccc1. The minimum Gasteiger partial charge on any atom is -0.354 e. The van der Waals surface area contributed by atoms with Gasteiger partial charge in [-0.3, -0.25) is 13.9 Å². The van der Waals surface area contributed by atoms with Crippen molar-refractivity contribution in [2.45, 2.75) is 44.2 Å². The van der Waals surface area contributed by atoms with Crippen LogP contribution in [0.3, 0.4) is 0 Å². The van der Waals surface area contributed by atoms with Gasteiger partial charge in [0, 0.05) is 22.6 Å². The number of carbonyl (C=O) groups is 2. The molecule has 2 amide bonds. The Labute approximate surface area is 238 Å². The molecule has 0 bridgehead atoms. The molecule has 0 spiro atoms. The molecule has 0 unspecified atom stereocenters. The lowest BCUT2D eigenvalue weighted by atomic mass is 10.1. The lowest BCUT2D eigenvalue weighted by molar-refractivity contribution is -0.139. The molecule has 0 aromatic heterocycles. The molecular weight excluding hydrogens is 590 g/mol. The molecule has 0 aliphatic rings. The van der Waals surface area contributed by atoms with Crippen molar-refractivity contribution in [3.05, 3.63) is 93.9 Å². The maximum absolute atomic E-state index is 13.8. The molecule has 38 heavy (non-hydrogen) atoms. The number of sulfonamides is 1. The standard InChI is InChI=1S/C28H31BrClN3O4S/c1-3-4-17-31-28(35)21(2)32(19-22-9-8-10-23(29)18-22)27(34)20-33(25-15-13-24(30)14-16-25)38(36,37)26-11-6-5-7-12-26/h5-16,18,21H,3-4,17,19-20H2,1-2H3,(H,31,35)/t21-/m1/s1. The quantitative estimate of drug-likeness (QED) is 0.266. The average Bonchev–Trinajstić information content (AvgIpc) is 2.91. The molecule has 1 atom stereocenters. The molecule has 3 rings (SSSR count). The van der Waals surface area contributed by atoms with E-state index in [0.29, 0.717) is 11.6 Å². The van der Waals surface area contributed by atoms with Gasteiger partial charge in [0.15, 0.2) is 0 Å². The number of halogens is 2. The Morgan fingerprint density at radius 2 is 1.68 bits per heavy atom. The van der Waals surface area contributed by atoms with Crippen molar-refractivity contribution >= 4 is 55.1 Å². The van der Waals surface area contributed by atoms with Crippen LogP contribution in [0, 0.1) is 0 Å². The van der Waals surface area contributed by atoms with Crippen molar-refractivity contribution < 1.29 is 18.0 Å². The Morgan fingerprint density at radius 1 is 1.00 bits per heavy atom. The van der Waals surface area contributed by atoms with Crippen LogP contribution in [0.25, 0.3) is 0 Å². The van der Waals surface area contributed by atoms with Crippen LogP contribution in [0.4, 0.5) is 5.69 Å². The minimum atomic E-state index is -4.10. The number of carbonyl (C=O) groups excluding carboxylic acids is 2. The van der Waals surface area contributed by atoms with Crippen molar-refractivity contribution in [1.29, 1.82) is 0 Å². The average molecular weight is 621 g/mol. The predicted octanol–water partition coefficient (Wildman–Crippen LogP) is 5.63. The Bertz CT molecular complexity index is 1340. The fourth-order valence-corrected chi connectivity index (χ4v) is 5.81. The number of benzene rings is 3. The van der Waals surface area contributed by atoms with Gasteiger partial charge in [0.2, 0.25) is 11.8 Å². The Hall–Kier alpha value is -2.88. The highest BCUT2D eigenvalue weighted by Gasteiger charge is 2.32. The van der Waals surface area contributed by atoms with Gasteiger partial charge in [-0.1, -0.05) is 71.2 Å². The topological polar surface area (TPSA) is 86.8 Å². The van der Waals surface area contributed by atoms with Gasteiger partial charge in [0.05, 0.1) is 10.6 Å². The zero-order chi connectivity index (χ0) is 27.7. The number of amides is 2. The molecule has 0 aliphatic heterocycles. The number of hydrogen-bond acceptors (Lipinski definition) is 4. The molecule has 202 valence electrons. The zero-order valence-electron chi connectivity index (χ0n) is 21.3. The monoisotopic (exact) mass is 619 g/mol. The number of anilines is 1. The van der Waals surface area contributed by atoms with Crippen molar-refractivity contribution in [3.63, 3.8) is 0 Å². The Kier molecular flexibility index (Phi) is 10.8. The van der Waals surface area contributed by atoms with E-state index in [-0.39, 0.29) is 23.0 Å². The van der Waals surface area contributed by atoms with Crippen LogP contribution in [-0.4, -0.2) is 44.3 Å². The third kappa shape index (κ3) is 7.82. The van der Waals surface area contributed by atoms with Gasteiger partial charge in [-0.15, -0.1) is 0 Å². The third-order valence-corrected chi connectivity index (χ3v) is 8.50. The Balaban J connectivity index is 1.98. The van der Waals surface area contributed by atoms with Gasteiger partial charge in [-0.2, -0.15) is 0 Å². The number of nitrogens with one attached hydrogen (secondary N) is 1. The number of unbranched alkanes of at least 4 members (excludes halogenated alkanes) is 1. The van der Waals surface area contributed by atoms with Crippen molar-refractivity contribution in [2.24, 2.45) is 0 Å². The van der Waals surface area contributed by atoms with E-state index in [1.807, 2.05) is 31.2 Å². The van der Waals surface area contributed by atoms with Crippen LogP contribution < -0.4 is 9.62 Å². The molecule has 0 saturated carbocycles. The first kappa shape index (κ1) is 29.7. The second kappa shape index (κ2) is 13.8. The van der Waals surface area contributed by atoms with Crippen molar-refractivity contribution in [2.75, 3.05) is 17.4 Å². The van der Waals surface area contributed by atoms with Crippen LogP contribution in [0.5, 0.6) is 0 Å². The summed E-state index contributed by atoms with van der Waals surface area (Å²) < 4.78 is 29.3. The summed E-state index contributed by atoms with van der Waals surface area (Å²) in [5.74, 6) is -0.816. The maximum atomic E-state index is 13.8. The van der Waals surface area contributed by atoms with Gasteiger partial charge in [-0.25, -0.2) is 8.42 Å². The lowest BCUT2D eigenvalue weighted by Gasteiger charge is -2.32. The highest BCUT2D eigenvalue weighted by molar-refractivity contribution is 9.10. The summed E-state index contributed by atoms with van der Waals surface area (Å²) in [5.41, 5.74) is 1.08. The molecular formula is C28H31BrClN3O4S. The number of rotatable bonds is 12. The van der Waals surface area contributed by atoms with E-state index in [2.05, 4.69) is 21.2 Å². The maximum Gasteiger partial charge on any atom is 0.264 e. The van der Waals surface area contributed by atoms with Crippen LogP contribution in [0.15, 0.2) is 88.2 Å². The first-order valence-electron chi connectivity index (χ1n) is 12.3. The summed E-state index contributed by atoms with van der Waals surface area (Å²) in [5, 5.41) is 3.31. The van der Waals surface area contributed by atoms with E-state index in [9.17, 15) is 18.0 Å². The Morgan fingerprint density at radius 3 is 2.32 bits per heavy atom. The van der Waals surface area contributed by atoms with Crippen LogP contribution in [-0.2, 0) is 26.2 Å². The number of hydrogen-bond donors (Lipinski definition) is 1. The van der Waals surface area contributed by atoms with E-state index in [1.54, 1.807) is 49.4 Å². The largest absolute Gasteiger partial charge is 0.354 e. The van der Waals surface area contributed by atoms with Gasteiger partial charge < -0.3 is 10.2 Å². The second-order valence-corrected chi connectivity index (χ2v) is 12.0. The van der Waals surface area contributed by atoms with Gasteiger partial charge in [0.25, 0.3) is 10.0 Å². The summed E-state index contributed by atoms with van der Waals surface area (Å²) in [6, 6.07) is 20.7. The summed E-state index contributed by atoms with van der Waals surface area (Å²) in [6.07, 6.45) is 1.74. The molecule has 0 radical (unpaired) electrons. The summed E-state index contributed by atoms with van der Waals surface area (Å²) >= 11 is 9.49. The first-order valence-corrected chi connectivity index (χ1v) is 14.9. The zero-order valence-corrected chi connectivity index (χ0v) is 24.5. The van der Waals surface area contributed by atoms with E-state index < -0.39 is 28.5 Å². The van der Waals surface area contributed by atoms with Crippen molar-refractivity contribution in [3.8, 4) is 0 Å². The lowest BCUT2D eigenvalue weighted by Crippen LogP contribution is -2.51. The van der Waals surface area contributed by atoms with E-state index in [0.717, 1.165) is 27.2 Å². The van der Waals surface area contributed by atoms with Crippen LogP contribution in [0.2, 0.25) is 5.02 Å². The molecule has 7 nitrogen and oxygen atoms in total. The third-order valence-electron chi connectivity index (χ3n) is 5.96. The fraction of sp³-hybridized carbons (Fsp3) is 0.286. The van der Waals surface area contributed by atoms with Gasteiger partial charge in [-0.05, 0) is 67.4 Å². The summed E-state index contributed by atoms with van der Waals surface area (Å²) in [4.78, 5) is 28.3. The fourth-order valence-electron chi connectivity index (χ4n) is 3.81. The molecule has 10 heteroatoms. The minimum absolute atomic E-state index is 0.0478. The highest BCUT2D eigenvalue weighted by Crippen LogP contribution is 2.26. The summed E-state index contributed by atoms with van der Waals surface area (Å²) in [6.45, 7) is 3.80. The molecule has 0 heterocycles. The van der Waals surface area contributed by atoms with Gasteiger partial charge in [0.1, 0.15) is 12.6 Å². The van der Waals surface area contributed by atoms with E-state index in [1.165, 1.54) is 17.0 Å². The molecule has 3 aromatic carbocycles. The van der Waals surface area contributed by atoms with Crippen LogP contribution in [0.1, 0.15) is 32.3 Å². The molecule has 0 saturated heterocycles. The molecule has 0 aliphatic carbocycles. The first-order chi connectivity index (χ1) is 18.1.